The van der Waals surface area contributed by atoms with E-state index in [0.29, 0.717) is 5.75 Å². The number of rotatable bonds is 13. The van der Waals surface area contributed by atoms with Crippen LogP contribution in [-0.2, 0) is 32.6 Å². The summed E-state index contributed by atoms with van der Waals surface area (Å²) in [5.41, 5.74) is 0.916. The van der Waals surface area contributed by atoms with Gasteiger partial charge in [-0.05, 0) is 74.0 Å². The molecular formula is C34H35F2N3O5S. The first-order valence-electron chi connectivity index (χ1n) is 14.3. The lowest BCUT2D eigenvalue weighted by Gasteiger charge is -2.34. The van der Waals surface area contributed by atoms with Crippen molar-refractivity contribution in [2.45, 2.75) is 43.8 Å². The zero-order valence-corrected chi connectivity index (χ0v) is 26.0. The molecule has 0 aliphatic carbocycles. The summed E-state index contributed by atoms with van der Waals surface area (Å²) in [4.78, 5) is 29.1. The quantitative estimate of drug-likeness (QED) is 0.214. The number of benzene rings is 4. The van der Waals surface area contributed by atoms with Gasteiger partial charge >= 0.3 is 0 Å². The molecule has 11 heteroatoms. The molecule has 45 heavy (non-hydrogen) atoms. The second kappa shape index (κ2) is 14.8. The smallest absolute Gasteiger partial charge is 0.264 e. The number of anilines is 1. The summed E-state index contributed by atoms with van der Waals surface area (Å²) in [5, 5.41) is 2.85. The molecule has 4 aromatic rings. The van der Waals surface area contributed by atoms with Gasteiger partial charge < -0.3 is 15.0 Å². The van der Waals surface area contributed by atoms with Crippen LogP contribution >= 0.6 is 0 Å². The lowest BCUT2D eigenvalue weighted by molar-refractivity contribution is -0.140. The van der Waals surface area contributed by atoms with E-state index in [1.54, 1.807) is 44.2 Å². The Bertz CT molecular complexity index is 1700. The van der Waals surface area contributed by atoms with Gasteiger partial charge in [0.05, 0.1) is 17.7 Å². The molecule has 0 heterocycles. The van der Waals surface area contributed by atoms with E-state index in [2.05, 4.69) is 5.32 Å². The van der Waals surface area contributed by atoms with Crippen molar-refractivity contribution >= 4 is 27.5 Å². The molecule has 0 radical (unpaired) electrons. The molecule has 0 spiro atoms. The fraction of sp³-hybridized carbons (Fsp3) is 0.235. The van der Waals surface area contributed by atoms with Crippen molar-refractivity contribution in [1.29, 1.82) is 0 Å². The molecule has 0 aliphatic rings. The number of ether oxygens (including phenoxy) is 1. The monoisotopic (exact) mass is 635 g/mol. The summed E-state index contributed by atoms with van der Waals surface area (Å²) in [7, 11) is -2.95. The molecule has 0 unspecified atom stereocenters. The molecule has 2 amide bonds. The van der Waals surface area contributed by atoms with Gasteiger partial charge in [-0.15, -0.1) is 0 Å². The number of hydrogen-bond acceptors (Lipinski definition) is 5. The number of sulfonamides is 1. The Kier molecular flexibility index (Phi) is 10.9. The van der Waals surface area contributed by atoms with Crippen LogP contribution in [0.3, 0.4) is 0 Å². The number of halogens is 2. The van der Waals surface area contributed by atoms with Crippen LogP contribution in [0.4, 0.5) is 14.5 Å². The minimum absolute atomic E-state index is 0.0256. The van der Waals surface area contributed by atoms with E-state index in [9.17, 15) is 26.8 Å². The van der Waals surface area contributed by atoms with Crippen molar-refractivity contribution in [1.82, 2.24) is 10.2 Å². The first-order chi connectivity index (χ1) is 21.5. The highest BCUT2D eigenvalue weighted by molar-refractivity contribution is 7.92. The van der Waals surface area contributed by atoms with Gasteiger partial charge in [0, 0.05) is 24.6 Å². The topological polar surface area (TPSA) is 96.0 Å². The Hall–Kier alpha value is -4.77. The minimum Gasteiger partial charge on any atom is -0.497 e. The van der Waals surface area contributed by atoms with Crippen molar-refractivity contribution in [3.63, 3.8) is 0 Å². The van der Waals surface area contributed by atoms with Gasteiger partial charge in [0.1, 0.15) is 30.0 Å². The molecular weight excluding hydrogens is 600 g/mol. The third-order valence-corrected chi connectivity index (χ3v) is 8.83. The highest BCUT2D eigenvalue weighted by Crippen LogP contribution is 2.27. The van der Waals surface area contributed by atoms with Crippen molar-refractivity contribution in [3.05, 3.63) is 126 Å². The Morgan fingerprint density at radius 3 is 2.07 bits per heavy atom. The van der Waals surface area contributed by atoms with Gasteiger partial charge in [-0.2, -0.15) is 0 Å². The van der Waals surface area contributed by atoms with Crippen LogP contribution in [-0.4, -0.2) is 50.9 Å². The predicted molar refractivity (Wildman–Crippen MR) is 168 cm³/mol. The van der Waals surface area contributed by atoms with E-state index < -0.39 is 46.1 Å². The summed E-state index contributed by atoms with van der Waals surface area (Å²) in [5.74, 6) is -2.00. The molecule has 0 aliphatic heterocycles. The number of amides is 2. The number of hydrogen-bond donors (Lipinski definition) is 1. The van der Waals surface area contributed by atoms with Crippen molar-refractivity contribution in [2.75, 3.05) is 18.0 Å². The third kappa shape index (κ3) is 8.45. The van der Waals surface area contributed by atoms with Crippen LogP contribution in [0.15, 0.2) is 108 Å². The number of methoxy groups -OCH3 is 1. The average Bonchev–Trinajstić information content (AvgIpc) is 3.03. The summed E-state index contributed by atoms with van der Waals surface area (Å²) >= 11 is 0. The van der Waals surface area contributed by atoms with Crippen molar-refractivity contribution < 1.29 is 31.5 Å². The van der Waals surface area contributed by atoms with Crippen LogP contribution in [0.1, 0.15) is 25.0 Å². The van der Waals surface area contributed by atoms with E-state index >= 15 is 0 Å². The maximum absolute atomic E-state index is 15.0. The Morgan fingerprint density at radius 1 is 0.844 bits per heavy atom. The van der Waals surface area contributed by atoms with Gasteiger partial charge in [0.25, 0.3) is 10.0 Å². The maximum Gasteiger partial charge on any atom is 0.264 e. The second-order valence-electron chi connectivity index (χ2n) is 10.6. The van der Waals surface area contributed by atoms with Crippen LogP contribution in [0.5, 0.6) is 5.75 Å². The molecule has 0 fully saturated rings. The van der Waals surface area contributed by atoms with Crippen LogP contribution in [0.25, 0.3) is 0 Å². The largest absolute Gasteiger partial charge is 0.497 e. The SMILES string of the molecule is COc1ccc(S(=O)(=O)N(CC(=O)N(Cc2ccccc2F)[C@H](Cc2ccccc2)C(=O)NC(C)C)c2ccc(F)cc2)cc1. The molecule has 8 nitrogen and oxygen atoms in total. The minimum atomic E-state index is -4.39. The van der Waals surface area contributed by atoms with Crippen LogP contribution in [0.2, 0.25) is 0 Å². The van der Waals surface area contributed by atoms with E-state index in [-0.39, 0.29) is 35.2 Å². The normalized spacial score (nSPS) is 12.0. The fourth-order valence-corrected chi connectivity index (χ4v) is 6.17. The lowest BCUT2D eigenvalue weighted by atomic mass is 10.0. The average molecular weight is 636 g/mol. The van der Waals surface area contributed by atoms with E-state index in [1.165, 1.54) is 66.6 Å². The Labute approximate surface area is 262 Å². The van der Waals surface area contributed by atoms with Crippen LogP contribution < -0.4 is 14.4 Å². The van der Waals surface area contributed by atoms with Crippen molar-refractivity contribution in [3.8, 4) is 5.75 Å². The molecule has 1 N–H and O–H groups in total. The summed E-state index contributed by atoms with van der Waals surface area (Å²) in [6, 6.07) is 23.8. The number of carbonyl (C=O) groups excluding carboxylic acids is 2. The van der Waals surface area contributed by atoms with Gasteiger partial charge in [-0.3, -0.25) is 13.9 Å². The Balaban J connectivity index is 1.81. The molecule has 0 bridgehead atoms. The van der Waals surface area contributed by atoms with E-state index in [1.807, 2.05) is 6.07 Å². The molecule has 1 atom stereocenters. The maximum atomic E-state index is 15.0. The Morgan fingerprint density at radius 2 is 1.47 bits per heavy atom. The standard InChI is InChI=1S/C34H35F2N3O5S/c1-24(2)37-34(41)32(21-25-9-5-4-6-10-25)38(22-26-11-7-8-12-31(26)36)33(40)23-39(28-15-13-27(35)14-16-28)45(42,43)30-19-17-29(44-3)18-20-30/h4-20,24,32H,21-23H2,1-3H3,(H,37,41)/t32-/m1/s1. The molecule has 0 saturated heterocycles. The molecule has 0 saturated carbocycles. The summed E-state index contributed by atoms with van der Waals surface area (Å²) < 4.78 is 62.9. The number of nitrogens with one attached hydrogen (secondary N) is 1. The first kappa shape index (κ1) is 33.1. The lowest BCUT2D eigenvalue weighted by Crippen LogP contribution is -2.54. The molecule has 4 rings (SSSR count). The van der Waals surface area contributed by atoms with E-state index in [4.69, 9.17) is 4.74 Å². The summed E-state index contributed by atoms with van der Waals surface area (Å²) in [6.45, 7) is 2.49. The molecule has 0 aromatic heterocycles. The molecule has 236 valence electrons. The molecule has 4 aromatic carbocycles. The van der Waals surface area contributed by atoms with Crippen molar-refractivity contribution in [2.24, 2.45) is 0 Å². The van der Waals surface area contributed by atoms with Gasteiger partial charge in [0.15, 0.2) is 0 Å². The highest BCUT2D eigenvalue weighted by Gasteiger charge is 2.35. The fourth-order valence-electron chi connectivity index (χ4n) is 4.76. The zero-order chi connectivity index (χ0) is 32.6. The zero-order valence-electron chi connectivity index (χ0n) is 25.2. The first-order valence-corrected chi connectivity index (χ1v) is 15.7. The third-order valence-electron chi connectivity index (χ3n) is 7.04. The number of nitrogens with zero attached hydrogens (tertiary/aromatic N) is 2. The van der Waals surface area contributed by atoms with Gasteiger partial charge in [0.2, 0.25) is 11.8 Å². The van der Waals surface area contributed by atoms with Gasteiger partial charge in [-0.1, -0.05) is 48.5 Å². The second-order valence-corrected chi connectivity index (χ2v) is 12.5. The highest BCUT2D eigenvalue weighted by atomic mass is 32.2. The van der Waals surface area contributed by atoms with E-state index in [0.717, 1.165) is 22.0 Å². The summed E-state index contributed by atoms with van der Waals surface area (Å²) in [6.07, 6.45) is 0.0847. The number of carbonyl (C=O) groups is 2. The van der Waals surface area contributed by atoms with Gasteiger partial charge in [-0.25, -0.2) is 17.2 Å². The predicted octanol–water partition coefficient (Wildman–Crippen LogP) is 5.33. The van der Waals surface area contributed by atoms with Crippen LogP contribution in [0, 0.1) is 11.6 Å².